The number of benzene rings is 1. The van der Waals surface area contributed by atoms with Gasteiger partial charge in [0.1, 0.15) is 0 Å². The van der Waals surface area contributed by atoms with Crippen LogP contribution in [0.4, 0.5) is 11.4 Å². The SMILES string of the molecule is CC(=O)Nc1cccc2c1CCCN2C(=O)[C@@H]1CCC[C@@H]1CN.Cl. The van der Waals surface area contributed by atoms with Crippen LogP contribution in [0.1, 0.15) is 38.2 Å². The lowest BCUT2D eigenvalue weighted by atomic mass is 9.92. The number of nitrogens with zero attached hydrogens (tertiary/aromatic N) is 1. The standard InChI is InChI=1S/C18H25N3O2.ClH/c1-12(22)20-16-8-3-9-17-15(16)7-4-10-21(17)18(23)14-6-2-5-13(14)11-19;/h3,8-9,13-14H,2,4-7,10-11,19H2,1H3,(H,20,22);1H/t13-,14-;/m1./s1. The quantitative estimate of drug-likeness (QED) is 0.879. The Morgan fingerprint density at radius 3 is 2.79 bits per heavy atom. The first-order chi connectivity index (χ1) is 11.1. The molecule has 2 atom stereocenters. The van der Waals surface area contributed by atoms with Crippen molar-refractivity contribution in [2.45, 2.75) is 39.0 Å². The molecule has 0 unspecified atom stereocenters. The van der Waals surface area contributed by atoms with E-state index >= 15 is 0 Å². The summed E-state index contributed by atoms with van der Waals surface area (Å²) in [6.07, 6.45) is 4.90. The number of carbonyl (C=O) groups is 2. The Hall–Kier alpha value is -1.59. The minimum absolute atomic E-state index is 0. The summed E-state index contributed by atoms with van der Waals surface area (Å²) in [6, 6.07) is 5.81. The van der Waals surface area contributed by atoms with E-state index in [1.807, 2.05) is 23.1 Å². The number of hydrogen-bond donors (Lipinski definition) is 2. The molecule has 0 spiro atoms. The van der Waals surface area contributed by atoms with E-state index in [-0.39, 0.29) is 30.1 Å². The second-order valence-corrected chi connectivity index (χ2v) is 6.61. The highest BCUT2D eigenvalue weighted by molar-refractivity contribution is 5.98. The molecule has 3 rings (SSSR count). The number of anilines is 2. The van der Waals surface area contributed by atoms with Gasteiger partial charge in [0.15, 0.2) is 0 Å². The van der Waals surface area contributed by atoms with Crippen molar-refractivity contribution in [3.8, 4) is 0 Å². The molecular formula is C18H26ClN3O2. The molecule has 3 N–H and O–H groups in total. The first-order valence-corrected chi connectivity index (χ1v) is 8.52. The van der Waals surface area contributed by atoms with Gasteiger partial charge >= 0.3 is 0 Å². The fourth-order valence-corrected chi connectivity index (χ4v) is 4.00. The van der Waals surface area contributed by atoms with E-state index in [2.05, 4.69) is 5.32 Å². The van der Waals surface area contributed by atoms with Crippen LogP contribution in [0.2, 0.25) is 0 Å². The van der Waals surface area contributed by atoms with Crippen LogP contribution >= 0.6 is 12.4 Å². The summed E-state index contributed by atoms with van der Waals surface area (Å²) in [5.74, 6) is 0.487. The van der Waals surface area contributed by atoms with Crippen molar-refractivity contribution in [2.24, 2.45) is 17.6 Å². The van der Waals surface area contributed by atoms with E-state index in [0.29, 0.717) is 12.5 Å². The lowest BCUT2D eigenvalue weighted by Gasteiger charge is -2.33. The number of fused-ring (bicyclic) bond motifs is 1. The van der Waals surface area contributed by atoms with Crippen LogP contribution in [0.15, 0.2) is 18.2 Å². The van der Waals surface area contributed by atoms with Gasteiger partial charge in [-0.25, -0.2) is 0 Å². The van der Waals surface area contributed by atoms with E-state index in [9.17, 15) is 9.59 Å². The number of halogens is 1. The van der Waals surface area contributed by atoms with Gasteiger partial charge in [0, 0.05) is 30.8 Å². The Morgan fingerprint density at radius 2 is 2.08 bits per heavy atom. The zero-order chi connectivity index (χ0) is 16.4. The summed E-state index contributed by atoms with van der Waals surface area (Å²) < 4.78 is 0. The molecule has 0 radical (unpaired) electrons. The molecule has 1 aliphatic carbocycles. The number of rotatable bonds is 3. The maximum absolute atomic E-state index is 13.0. The molecule has 1 fully saturated rings. The van der Waals surface area contributed by atoms with Crippen molar-refractivity contribution in [1.82, 2.24) is 0 Å². The molecule has 5 nitrogen and oxygen atoms in total. The molecule has 1 aromatic carbocycles. The highest BCUT2D eigenvalue weighted by atomic mass is 35.5. The third-order valence-corrected chi connectivity index (χ3v) is 5.11. The summed E-state index contributed by atoms with van der Waals surface area (Å²) in [6.45, 7) is 2.85. The van der Waals surface area contributed by atoms with E-state index in [1.165, 1.54) is 6.92 Å². The Labute approximate surface area is 149 Å². The molecule has 1 aliphatic heterocycles. The maximum Gasteiger partial charge on any atom is 0.230 e. The van der Waals surface area contributed by atoms with Crippen LogP contribution in [0.25, 0.3) is 0 Å². The summed E-state index contributed by atoms with van der Waals surface area (Å²) in [7, 11) is 0. The molecule has 1 aromatic rings. The number of carbonyl (C=O) groups excluding carboxylic acids is 2. The van der Waals surface area contributed by atoms with Gasteiger partial charge < -0.3 is 16.0 Å². The smallest absolute Gasteiger partial charge is 0.230 e. The zero-order valence-corrected chi connectivity index (χ0v) is 14.9. The Balaban J connectivity index is 0.00000208. The molecule has 2 aliphatic rings. The average Bonchev–Trinajstić information content (AvgIpc) is 3.02. The average molecular weight is 352 g/mol. The largest absolute Gasteiger partial charge is 0.330 e. The van der Waals surface area contributed by atoms with E-state index in [0.717, 1.165) is 55.6 Å². The Bertz CT molecular complexity index is 620. The second kappa shape index (κ2) is 7.99. The molecule has 132 valence electrons. The van der Waals surface area contributed by atoms with Gasteiger partial charge in [0.25, 0.3) is 0 Å². The van der Waals surface area contributed by atoms with E-state index < -0.39 is 0 Å². The van der Waals surface area contributed by atoms with Crippen LogP contribution in [0.5, 0.6) is 0 Å². The molecule has 0 bridgehead atoms. The van der Waals surface area contributed by atoms with Gasteiger partial charge in [-0.15, -0.1) is 12.4 Å². The van der Waals surface area contributed by atoms with Crippen LogP contribution in [0.3, 0.4) is 0 Å². The fraction of sp³-hybridized carbons (Fsp3) is 0.556. The fourth-order valence-electron chi connectivity index (χ4n) is 4.00. The second-order valence-electron chi connectivity index (χ2n) is 6.61. The Kier molecular flexibility index (Phi) is 6.24. The first kappa shape index (κ1) is 18.7. The predicted octanol–water partition coefficient (Wildman–Crippen LogP) is 2.72. The minimum Gasteiger partial charge on any atom is -0.330 e. The molecule has 1 saturated carbocycles. The number of hydrogen-bond acceptors (Lipinski definition) is 3. The maximum atomic E-state index is 13.0. The van der Waals surface area contributed by atoms with Crippen molar-refractivity contribution < 1.29 is 9.59 Å². The number of nitrogens with two attached hydrogens (primary N) is 1. The molecule has 1 heterocycles. The van der Waals surface area contributed by atoms with Crippen LogP contribution in [-0.2, 0) is 16.0 Å². The van der Waals surface area contributed by atoms with Crippen LogP contribution < -0.4 is 16.0 Å². The molecule has 6 heteroatoms. The normalized spacial score (nSPS) is 22.5. The first-order valence-electron chi connectivity index (χ1n) is 8.52. The highest BCUT2D eigenvalue weighted by Crippen LogP contribution is 2.38. The van der Waals surface area contributed by atoms with E-state index in [4.69, 9.17) is 5.73 Å². The van der Waals surface area contributed by atoms with Crippen molar-refractivity contribution in [3.63, 3.8) is 0 Å². The Morgan fingerprint density at radius 1 is 1.29 bits per heavy atom. The van der Waals surface area contributed by atoms with Gasteiger partial charge in [-0.2, -0.15) is 0 Å². The summed E-state index contributed by atoms with van der Waals surface area (Å²) in [5.41, 5.74) is 8.70. The van der Waals surface area contributed by atoms with Gasteiger partial charge in [0.2, 0.25) is 11.8 Å². The number of nitrogens with one attached hydrogen (secondary N) is 1. The van der Waals surface area contributed by atoms with Crippen molar-refractivity contribution in [3.05, 3.63) is 23.8 Å². The molecule has 0 saturated heterocycles. The number of amides is 2. The molecule has 24 heavy (non-hydrogen) atoms. The van der Waals surface area contributed by atoms with Gasteiger partial charge in [0.05, 0.1) is 0 Å². The van der Waals surface area contributed by atoms with Gasteiger partial charge in [-0.1, -0.05) is 12.5 Å². The lowest BCUT2D eigenvalue weighted by molar-refractivity contribution is -0.123. The molecular weight excluding hydrogens is 326 g/mol. The van der Waals surface area contributed by atoms with Gasteiger partial charge in [-0.05, 0) is 55.8 Å². The monoisotopic (exact) mass is 351 g/mol. The van der Waals surface area contributed by atoms with Crippen molar-refractivity contribution in [1.29, 1.82) is 0 Å². The van der Waals surface area contributed by atoms with Crippen LogP contribution in [0, 0.1) is 11.8 Å². The highest BCUT2D eigenvalue weighted by Gasteiger charge is 2.36. The predicted molar refractivity (Wildman–Crippen MR) is 98.6 cm³/mol. The van der Waals surface area contributed by atoms with Crippen molar-refractivity contribution >= 4 is 35.6 Å². The summed E-state index contributed by atoms with van der Waals surface area (Å²) >= 11 is 0. The molecule has 2 amide bonds. The third kappa shape index (κ3) is 3.57. The lowest BCUT2D eigenvalue weighted by Crippen LogP contribution is -2.42. The molecule has 0 aromatic heterocycles. The van der Waals surface area contributed by atoms with Crippen LogP contribution in [-0.4, -0.2) is 24.9 Å². The van der Waals surface area contributed by atoms with Gasteiger partial charge in [-0.3, -0.25) is 9.59 Å². The van der Waals surface area contributed by atoms with Crippen molar-refractivity contribution in [2.75, 3.05) is 23.3 Å². The summed E-state index contributed by atoms with van der Waals surface area (Å²) in [4.78, 5) is 26.4. The zero-order valence-electron chi connectivity index (χ0n) is 14.1. The summed E-state index contributed by atoms with van der Waals surface area (Å²) in [5, 5.41) is 2.88. The minimum atomic E-state index is -0.0826. The van der Waals surface area contributed by atoms with E-state index in [1.54, 1.807) is 0 Å². The topological polar surface area (TPSA) is 75.4 Å². The third-order valence-electron chi connectivity index (χ3n) is 5.11.